The lowest BCUT2D eigenvalue weighted by atomic mass is 10.2. The molecule has 0 saturated carbocycles. The van der Waals surface area contributed by atoms with Crippen LogP contribution in [0.3, 0.4) is 0 Å². The second kappa shape index (κ2) is 5.51. The monoisotopic (exact) mass is 299 g/mol. The zero-order chi connectivity index (χ0) is 13.9. The van der Waals surface area contributed by atoms with E-state index in [9.17, 15) is 8.42 Å². The number of halogens is 1. The molecule has 100 valence electrons. The van der Waals surface area contributed by atoms with Crippen LogP contribution < -0.4 is 4.74 Å². The van der Waals surface area contributed by atoms with Gasteiger partial charge in [0.2, 0.25) is 14.8 Å². The van der Waals surface area contributed by atoms with Gasteiger partial charge in [-0.1, -0.05) is 12.1 Å². The van der Waals surface area contributed by atoms with Gasteiger partial charge >= 0.3 is 0 Å². The number of para-hydroxylation sites is 1. The van der Waals surface area contributed by atoms with Gasteiger partial charge in [0, 0.05) is 10.7 Å². The van der Waals surface area contributed by atoms with Gasteiger partial charge < -0.3 is 9.15 Å². The summed E-state index contributed by atoms with van der Waals surface area (Å²) in [6.07, 6.45) is 0.246. The SMILES string of the molecule is N#Cc1oc2ccccc2c1OCCCS(=O)(=O)Cl. The molecule has 0 amide bonds. The van der Waals surface area contributed by atoms with E-state index < -0.39 is 9.05 Å². The van der Waals surface area contributed by atoms with Crippen molar-refractivity contribution in [3.8, 4) is 11.8 Å². The molecule has 0 atom stereocenters. The molecule has 1 aromatic carbocycles. The molecule has 0 aliphatic heterocycles. The van der Waals surface area contributed by atoms with Gasteiger partial charge in [0.1, 0.15) is 11.7 Å². The fourth-order valence-corrected chi connectivity index (χ4v) is 2.43. The van der Waals surface area contributed by atoms with Crippen LogP contribution in [-0.2, 0) is 9.05 Å². The maximum atomic E-state index is 10.8. The van der Waals surface area contributed by atoms with E-state index in [0.717, 1.165) is 0 Å². The van der Waals surface area contributed by atoms with Crippen molar-refractivity contribution in [2.45, 2.75) is 6.42 Å². The molecule has 19 heavy (non-hydrogen) atoms. The number of nitrogens with zero attached hydrogens (tertiary/aromatic N) is 1. The van der Waals surface area contributed by atoms with Crippen molar-refractivity contribution in [1.29, 1.82) is 5.26 Å². The molecule has 0 aliphatic rings. The molecule has 5 nitrogen and oxygen atoms in total. The Hall–Kier alpha value is -1.71. The van der Waals surface area contributed by atoms with E-state index >= 15 is 0 Å². The van der Waals surface area contributed by atoms with Gasteiger partial charge in [-0.3, -0.25) is 0 Å². The predicted octanol–water partition coefficient (Wildman–Crippen LogP) is 2.64. The third kappa shape index (κ3) is 3.40. The van der Waals surface area contributed by atoms with Crippen molar-refractivity contribution in [3.05, 3.63) is 30.0 Å². The van der Waals surface area contributed by atoms with Gasteiger partial charge in [-0.2, -0.15) is 5.26 Å². The molecule has 0 unspecified atom stereocenters. The first kappa shape index (κ1) is 13.7. The predicted molar refractivity (Wildman–Crippen MR) is 70.7 cm³/mol. The van der Waals surface area contributed by atoms with Gasteiger partial charge in [0.25, 0.3) is 0 Å². The van der Waals surface area contributed by atoms with Crippen molar-refractivity contribution < 1.29 is 17.6 Å². The molecule has 1 aromatic heterocycles. The van der Waals surface area contributed by atoms with Crippen molar-refractivity contribution in [1.82, 2.24) is 0 Å². The van der Waals surface area contributed by atoms with E-state index in [0.29, 0.717) is 16.7 Å². The number of benzene rings is 1. The summed E-state index contributed by atoms with van der Waals surface area (Å²) in [6, 6.07) is 8.99. The number of hydrogen-bond acceptors (Lipinski definition) is 5. The summed E-state index contributed by atoms with van der Waals surface area (Å²) in [5.41, 5.74) is 0.555. The minimum Gasteiger partial charge on any atom is -0.488 e. The van der Waals surface area contributed by atoms with Crippen LogP contribution in [0.15, 0.2) is 28.7 Å². The first-order valence-electron chi connectivity index (χ1n) is 5.48. The molecule has 0 radical (unpaired) electrons. The highest BCUT2D eigenvalue weighted by atomic mass is 35.7. The topological polar surface area (TPSA) is 80.3 Å². The Balaban J connectivity index is 2.14. The molecule has 0 fully saturated rings. The molecule has 2 aromatic rings. The van der Waals surface area contributed by atoms with Gasteiger partial charge in [-0.25, -0.2) is 8.42 Å². The van der Waals surface area contributed by atoms with Crippen LogP contribution in [0.25, 0.3) is 11.0 Å². The highest BCUT2D eigenvalue weighted by molar-refractivity contribution is 8.13. The first-order valence-corrected chi connectivity index (χ1v) is 7.96. The van der Waals surface area contributed by atoms with Crippen LogP contribution >= 0.6 is 10.7 Å². The average molecular weight is 300 g/mol. The van der Waals surface area contributed by atoms with Crippen molar-refractivity contribution in [2.24, 2.45) is 0 Å². The van der Waals surface area contributed by atoms with E-state index in [1.807, 2.05) is 6.07 Å². The number of nitriles is 1. The zero-order valence-electron chi connectivity index (χ0n) is 9.80. The minimum atomic E-state index is -3.52. The Morgan fingerprint density at radius 1 is 1.37 bits per heavy atom. The Kier molecular flexibility index (Phi) is 3.98. The third-order valence-electron chi connectivity index (χ3n) is 2.43. The van der Waals surface area contributed by atoms with Crippen molar-refractivity contribution in [2.75, 3.05) is 12.4 Å². The summed E-state index contributed by atoms with van der Waals surface area (Å²) in [5.74, 6) is 0.242. The van der Waals surface area contributed by atoms with Gasteiger partial charge in [-0.05, 0) is 18.6 Å². The second-order valence-electron chi connectivity index (χ2n) is 3.81. The van der Waals surface area contributed by atoms with E-state index in [2.05, 4.69) is 0 Å². The smallest absolute Gasteiger partial charge is 0.246 e. The summed E-state index contributed by atoms with van der Waals surface area (Å²) in [5, 5.41) is 9.65. The van der Waals surface area contributed by atoms with Crippen LogP contribution in [0.4, 0.5) is 0 Å². The molecule has 7 heteroatoms. The number of furan rings is 1. The van der Waals surface area contributed by atoms with E-state index in [1.165, 1.54) is 0 Å². The van der Waals surface area contributed by atoms with Crippen LogP contribution in [0.2, 0.25) is 0 Å². The van der Waals surface area contributed by atoms with Crippen LogP contribution in [0.5, 0.6) is 5.75 Å². The van der Waals surface area contributed by atoms with E-state index in [1.54, 1.807) is 24.3 Å². The normalized spacial score (nSPS) is 11.4. The number of hydrogen-bond donors (Lipinski definition) is 0. The Morgan fingerprint density at radius 2 is 2.11 bits per heavy atom. The highest BCUT2D eigenvalue weighted by Crippen LogP contribution is 2.32. The van der Waals surface area contributed by atoms with Crippen molar-refractivity contribution in [3.63, 3.8) is 0 Å². The molecule has 0 bridgehead atoms. The number of ether oxygens (including phenoxy) is 1. The number of fused-ring (bicyclic) bond motifs is 1. The molecule has 1 heterocycles. The average Bonchev–Trinajstić information content (AvgIpc) is 2.71. The standard InChI is InChI=1S/C12H10ClNO4S/c13-19(15,16)7-3-6-17-12-9-4-1-2-5-10(9)18-11(12)8-14/h1-2,4-5H,3,6-7H2. The Morgan fingerprint density at radius 3 is 2.79 bits per heavy atom. The summed E-state index contributed by atoms with van der Waals surface area (Å²) >= 11 is 0. The second-order valence-corrected chi connectivity index (χ2v) is 6.71. The van der Waals surface area contributed by atoms with Crippen molar-refractivity contribution >= 4 is 30.7 Å². The van der Waals surface area contributed by atoms with Crippen LogP contribution in [0.1, 0.15) is 12.2 Å². The summed E-state index contributed by atoms with van der Waals surface area (Å²) in [4.78, 5) is 0. The molecule has 2 rings (SSSR count). The maximum Gasteiger partial charge on any atom is 0.246 e. The maximum absolute atomic E-state index is 10.8. The molecule has 0 saturated heterocycles. The molecule has 0 spiro atoms. The summed E-state index contributed by atoms with van der Waals surface area (Å²) in [7, 11) is 1.57. The molecular formula is C12H10ClNO4S. The van der Waals surface area contributed by atoms with E-state index in [-0.39, 0.29) is 24.5 Å². The molecular weight excluding hydrogens is 290 g/mol. The summed E-state index contributed by atoms with van der Waals surface area (Å²) < 4.78 is 32.3. The minimum absolute atomic E-state index is 0.0786. The fraction of sp³-hybridized carbons (Fsp3) is 0.250. The zero-order valence-corrected chi connectivity index (χ0v) is 11.4. The lowest BCUT2D eigenvalue weighted by Gasteiger charge is -2.03. The third-order valence-corrected chi connectivity index (χ3v) is 3.67. The number of rotatable bonds is 5. The molecule has 0 N–H and O–H groups in total. The largest absolute Gasteiger partial charge is 0.488 e. The molecule has 0 aliphatic carbocycles. The highest BCUT2D eigenvalue weighted by Gasteiger charge is 2.15. The lowest BCUT2D eigenvalue weighted by Crippen LogP contribution is -2.05. The summed E-state index contributed by atoms with van der Waals surface area (Å²) in [6.45, 7) is 0.143. The Bertz CT molecular complexity index is 730. The Labute approximate surface area is 114 Å². The van der Waals surface area contributed by atoms with E-state index in [4.69, 9.17) is 25.1 Å². The fourth-order valence-electron chi connectivity index (χ4n) is 1.64. The van der Waals surface area contributed by atoms with Gasteiger partial charge in [0.15, 0.2) is 5.75 Å². The van der Waals surface area contributed by atoms with Gasteiger partial charge in [0.05, 0.1) is 17.7 Å². The quantitative estimate of drug-likeness (QED) is 0.626. The van der Waals surface area contributed by atoms with Gasteiger partial charge in [-0.15, -0.1) is 0 Å². The van der Waals surface area contributed by atoms with Crippen LogP contribution in [-0.4, -0.2) is 20.8 Å². The van der Waals surface area contributed by atoms with Crippen LogP contribution in [0, 0.1) is 11.3 Å². The first-order chi connectivity index (χ1) is 9.01. The lowest BCUT2D eigenvalue weighted by molar-refractivity contribution is 0.315.